The number of aryl methyl sites for hydroxylation is 1. The molecule has 146 valence electrons. The molecule has 0 aromatic heterocycles. The van der Waals surface area contributed by atoms with Crippen molar-refractivity contribution in [2.75, 3.05) is 25.0 Å². The summed E-state index contributed by atoms with van der Waals surface area (Å²) >= 11 is 0. The Labute approximate surface area is 210 Å². The molecule has 0 bridgehead atoms. The monoisotopic (exact) mass is 427 g/mol. The molecule has 28 heavy (non-hydrogen) atoms. The van der Waals surface area contributed by atoms with Crippen LogP contribution in [0.2, 0.25) is 0 Å². The number of carbonyl (C=O) groups is 1. The Balaban J connectivity index is 0.00000225. The van der Waals surface area contributed by atoms with E-state index in [1.165, 1.54) is 11.1 Å². The Morgan fingerprint density at radius 3 is 2.71 bits per heavy atom. The summed E-state index contributed by atoms with van der Waals surface area (Å²) in [5.74, 6) is 0. The van der Waals surface area contributed by atoms with Crippen LogP contribution >= 0.6 is 0 Å². The van der Waals surface area contributed by atoms with Crippen molar-refractivity contribution in [1.29, 1.82) is 0 Å². The van der Waals surface area contributed by atoms with E-state index in [1.807, 2.05) is 6.08 Å². The fraction of sp³-hybridized carbons (Fsp3) is 0.550. The standard InChI is InChI=1S/C20H27N3O3S.K/c1-2-23-11-9-16(10-12-23)27(25,26)22-20(24)21-19-17-7-3-5-14(17)13-15-6-4-8-18(15)19;/h3,7,13,16H,2,4-6,8-12H2,1H3,(H2,21,22,24);/q;+1/p-1. The second kappa shape index (κ2) is 9.28. The van der Waals surface area contributed by atoms with Gasteiger partial charge in [-0.25, -0.2) is 8.42 Å². The van der Waals surface area contributed by atoms with Gasteiger partial charge in [-0.1, -0.05) is 25.1 Å². The van der Waals surface area contributed by atoms with Gasteiger partial charge in [0.25, 0.3) is 0 Å². The molecular formula is C20H26KN3O3S. The molecule has 0 atom stereocenters. The van der Waals surface area contributed by atoms with Gasteiger partial charge in [0.05, 0.1) is 5.25 Å². The molecule has 0 radical (unpaired) electrons. The summed E-state index contributed by atoms with van der Waals surface area (Å²) in [6.07, 6.45) is 9.00. The number of sulfonamides is 1. The van der Waals surface area contributed by atoms with Gasteiger partial charge in [-0.05, 0) is 86.1 Å². The Bertz CT molecular complexity index is 890. The molecule has 8 heteroatoms. The van der Waals surface area contributed by atoms with Crippen molar-refractivity contribution < 1.29 is 64.6 Å². The number of nitrogens with zero attached hydrogens (tertiary/aromatic N) is 2. The largest absolute Gasteiger partial charge is 1.00 e. The van der Waals surface area contributed by atoms with Crippen LogP contribution in [0.4, 0.5) is 10.5 Å². The Kier molecular flexibility index (Phi) is 7.45. The van der Waals surface area contributed by atoms with Crippen LogP contribution < -0.4 is 56.7 Å². The minimum atomic E-state index is -3.79. The number of benzene rings is 1. The van der Waals surface area contributed by atoms with Gasteiger partial charge in [0.15, 0.2) is 16.1 Å². The van der Waals surface area contributed by atoms with Crippen molar-refractivity contribution in [2.45, 2.75) is 50.7 Å². The number of nitrogens with one attached hydrogen (secondary N) is 1. The predicted octanol–water partition coefficient (Wildman–Crippen LogP) is 0.468. The van der Waals surface area contributed by atoms with Crippen molar-refractivity contribution in [2.24, 2.45) is 0 Å². The maximum atomic E-state index is 12.6. The number of likely N-dealkylation sites (tertiary alicyclic amines) is 1. The smallest absolute Gasteiger partial charge is 0.423 e. The predicted molar refractivity (Wildman–Crippen MR) is 108 cm³/mol. The summed E-state index contributed by atoms with van der Waals surface area (Å²) in [5.41, 5.74) is 5.37. The van der Waals surface area contributed by atoms with Crippen molar-refractivity contribution in [3.8, 4) is 0 Å². The molecule has 0 unspecified atom stereocenters. The summed E-state index contributed by atoms with van der Waals surface area (Å²) in [6.45, 7) is 4.46. The normalized spacial score (nSPS) is 19.0. The topological polar surface area (TPSA) is 80.6 Å². The number of rotatable bonds is 4. The number of allylic oxidation sites excluding steroid dienone is 1. The molecule has 2 amide bonds. The van der Waals surface area contributed by atoms with E-state index in [0.29, 0.717) is 12.8 Å². The maximum absolute atomic E-state index is 12.6. The van der Waals surface area contributed by atoms with Crippen LogP contribution in [-0.4, -0.2) is 44.2 Å². The molecule has 1 saturated heterocycles. The average Bonchev–Trinajstić information content (AvgIpc) is 3.30. The zero-order valence-corrected chi connectivity index (χ0v) is 20.6. The minimum Gasteiger partial charge on any atom is -0.423 e. The fourth-order valence-corrected chi connectivity index (χ4v) is 5.70. The Morgan fingerprint density at radius 1 is 1.25 bits per heavy atom. The molecule has 1 fully saturated rings. The van der Waals surface area contributed by atoms with E-state index in [0.717, 1.165) is 62.1 Å². The third-order valence-electron chi connectivity index (χ3n) is 5.99. The van der Waals surface area contributed by atoms with Crippen LogP contribution in [0.3, 0.4) is 0 Å². The van der Waals surface area contributed by atoms with Gasteiger partial charge < -0.3 is 14.9 Å². The quantitative estimate of drug-likeness (QED) is 0.709. The van der Waals surface area contributed by atoms with Crippen LogP contribution in [0.25, 0.3) is 10.8 Å². The Hall–Kier alpha value is -0.224. The molecule has 3 aliphatic rings. The van der Waals surface area contributed by atoms with E-state index in [1.54, 1.807) is 0 Å². The maximum Gasteiger partial charge on any atom is 1.00 e. The molecule has 1 aromatic carbocycles. The molecule has 4 rings (SSSR count). The second-order valence-electron chi connectivity index (χ2n) is 7.59. The molecule has 0 saturated carbocycles. The first kappa shape index (κ1) is 22.5. The summed E-state index contributed by atoms with van der Waals surface area (Å²) in [4.78, 5) is 14.7. The van der Waals surface area contributed by atoms with Crippen LogP contribution in [0.15, 0.2) is 12.1 Å². The molecule has 1 heterocycles. The molecule has 1 aliphatic heterocycles. The summed E-state index contributed by atoms with van der Waals surface area (Å²) in [7, 11) is -3.79. The van der Waals surface area contributed by atoms with Crippen molar-refractivity contribution >= 4 is 27.8 Å². The van der Waals surface area contributed by atoms with Crippen LogP contribution in [0, 0.1) is 0 Å². The molecule has 2 aliphatic carbocycles. The van der Waals surface area contributed by atoms with Crippen molar-refractivity contribution in [3.63, 3.8) is 0 Å². The third-order valence-corrected chi connectivity index (χ3v) is 7.73. The SMILES string of the molecule is CCN1CCC(S(=O)(=O)[N-]C(=O)Nc2c3c(cc4c2CCC4)CC=C3)CC1.[K+]. The molecular weight excluding hydrogens is 401 g/mol. The van der Waals surface area contributed by atoms with E-state index in [-0.39, 0.29) is 51.4 Å². The van der Waals surface area contributed by atoms with Gasteiger partial charge >= 0.3 is 51.4 Å². The number of fused-ring (bicyclic) bond motifs is 2. The van der Waals surface area contributed by atoms with E-state index < -0.39 is 21.3 Å². The minimum absolute atomic E-state index is 0. The fourth-order valence-electron chi connectivity index (χ4n) is 4.47. The molecule has 1 aromatic rings. The van der Waals surface area contributed by atoms with Gasteiger partial charge in [-0.2, -0.15) is 0 Å². The van der Waals surface area contributed by atoms with Gasteiger partial charge in [-0.3, -0.25) is 4.79 Å². The van der Waals surface area contributed by atoms with Gasteiger partial charge in [0.1, 0.15) is 0 Å². The van der Waals surface area contributed by atoms with Crippen LogP contribution in [-0.2, 0) is 29.3 Å². The number of urea groups is 1. The summed E-state index contributed by atoms with van der Waals surface area (Å²) in [5, 5.41) is 2.25. The van der Waals surface area contributed by atoms with Gasteiger partial charge in [-0.15, -0.1) is 0 Å². The number of hydrogen-bond donors (Lipinski definition) is 1. The second-order valence-corrected chi connectivity index (χ2v) is 9.47. The molecule has 0 spiro atoms. The van der Waals surface area contributed by atoms with Crippen molar-refractivity contribution in [1.82, 2.24) is 4.90 Å². The van der Waals surface area contributed by atoms with Gasteiger partial charge in [0.2, 0.25) is 0 Å². The van der Waals surface area contributed by atoms with Crippen LogP contribution in [0.5, 0.6) is 0 Å². The average molecular weight is 428 g/mol. The van der Waals surface area contributed by atoms with E-state index >= 15 is 0 Å². The summed E-state index contributed by atoms with van der Waals surface area (Å²) < 4.78 is 28.8. The third kappa shape index (κ3) is 4.58. The molecule has 6 nitrogen and oxygen atoms in total. The zero-order valence-electron chi connectivity index (χ0n) is 16.7. The van der Waals surface area contributed by atoms with E-state index in [9.17, 15) is 13.2 Å². The number of carbonyl (C=O) groups excluding carboxylic acids is 1. The molecule has 1 N–H and O–H groups in total. The first-order valence-corrected chi connectivity index (χ1v) is 11.3. The van der Waals surface area contributed by atoms with Crippen molar-refractivity contribution in [3.05, 3.63) is 39.1 Å². The first-order chi connectivity index (χ1) is 13.0. The number of piperidine rings is 1. The number of amides is 2. The number of anilines is 1. The van der Waals surface area contributed by atoms with Gasteiger partial charge in [0, 0.05) is 0 Å². The Morgan fingerprint density at radius 2 is 2.00 bits per heavy atom. The van der Waals surface area contributed by atoms with Crippen LogP contribution in [0.1, 0.15) is 48.4 Å². The van der Waals surface area contributed by atoms with E-state index in [4.69, 9.17) is 0 Å². The first-order valence-electron chi connectivity index (χ1n) is 9.82. The summed E-state index contributed by atoms with van der Waals surface area (Å²) in [6, 6.07) is 1.46. The van der Waals surface area contributed by atoms with E-state index in [2.05, 4.69) is 34.0 Å². The zero-order chi connectivity index (χ0) is 19.0. The number of hydrogen-bond acceptors (Lipinski definition) is 4.